The van der Waals surface area contributed by atoms with Crippen LogP contribution in [0.15, 0.2) is 22.9 Å². The molecule has 0 aromatic carbocycles. The first-order valence-electron chi connectivity index (χ1n) is 8.73. The summed E-state index contributed by atoms with van der Waals surface area (Å²) in [5.74, 6) is 2.55. The molecule has 3 aromatic rings. The Morgan fingerprint density at radius 3 is 3.08 bits per heavy atom. The molecule has 0 aliphatic carbocycles. The number of hydrogen-bond donors (Lipinski definition) is 1. The minimum Gasteiger partial charge on any atom is -0.369 e. The van der Waals surface area contributed by atoms with Gasteiger partial charge in [-0.15, -0.1) is 0 Å². The monoisotopic (exact) mass is 342 g/mol. The standard InChI is InChI=1S/C17H22N6O2/c1-11(2)12-10-16(23-15(20-12)6-8-19-23)18-7-5-14-21-17(25-22-14)13-4-3-9-24-13/h6,8,10-11,13,18H,3-5,7,9H2,1-2H3/t13-/m1/s1. The summed E-state index contributed by atoms with van der Waals surface area (Å²) in [6.07, 6.45) is 4.38. The zero-order chi connectivity index (χ0) is 17.2. The van der Waals surface area contributed by atoms with E-state index in [0.29, 0.717) is 30.6 Å². The van der Waals surface area contributed by atoms with Crippen LogP contribution in [0.1, 0.15) is 56.1 Å². The molecule has 1 saturated heterocycles. The second-order valence-electron chi connectivity index (χ2n) is 6.55. The van der Waals surface area contributed by atoms with Gasteiger partial charge in [0, 0.05) is 37.4 Å². The largest absolute Gasteiger partial charge is 0.369 e. The molecule has 1 N–H and O–H groups in total. The number of aromatic nitrogens is 5. The van der Waals surface area contributed by atoms with Crippen LogP contribution < -0.4 is 5.32 Å². The average molecular weight is 342 g/mol. The maximum absolute atomic E-state index is 5.57. The van der Waals surface area contributed by atoms with E-state index in [9.17, 15) is 0 Å². The first-order chi connectivity index (χ1) is 12.2. The van der Waals surface area contributed by atoms with Crippen molar-refractivity contribution >= 4 is 11.5 Å². The molecule has 8 heteroatoms. The molecule has 0 spiro atoms. The van der Waals surface area contributed by atoms with Crippen LogP contribution in [0.3, 0.4) is 0 Å². The maximum atomic E-state index is 5.57. The van der Waals surface area contributed by atoms with Gasteiger partial charge in [-0.3, -0.25) is 0 Å². The Kier molecular flexibility index (Phi) is 4.35. The van der Waals surface area contributed by atoms with E-state index in [4.69, 9.17) is 9.26 Å². The fourth-order valence-electron chi connectivity index (χ4n) is 2.93. The van der Waals surface area contributed by atoms with Gasteiger partial charge < -0.3 is 14.6 Å². The number of nitrogens with one attached hydrogen (secondary N) is 1. The van der Waals surface area contributed by atoms with Gasteiger partial charge >= 0.3 is 0 Å². The molecule has 1 aliphatic rings. The van der Waals surface area contributed by atoms with Crippen molar-refractivity contribution in [1.29, 1.82) is 0 Å². The number of hydrogen-bond acceptors (Lipinski definition) is 7. The lowest BCUT2D eigenvalue weighted by Crippen LogP contribution is -2.11. The Balaban J connectivity index is 1.43. The molecule has 132 valence electrons. The van der Waals surface area contributed by atoms with Crippen LogP contribution in [0, 0.1) is 0 Å². The van der Waals surface area contributed by atoms with Crippen molar-refractivity contribution in [3.05, 3.63) is 35.7 Å². The van der Waals surface area contributed by atoms with Crippen molar-refractivity contribution in [3.63, 3.8) is 0 Å². The minimum atomic E-state index is -0.0355. The average Bonchev–Trinajstić information content (AvgIpc) is 3.35. The summed E-state index contributed by atoms with van der Waals surface area (Å²) in [6, 6.07) is 3.95. The Bertz CT molecular complexity index is 850. The fraction of sp³-hybridized carbons (Fsp3) is 0.529. The molecular weight excluding hydrogens is 320 g/mol. The summed E-state index contributed by atoms with van der Waals surface area (Å²) < 4.78 is 12.7. The van der Waals surface area contributed by atoms with Gasteiger partial charge in [0.1, 0.15) is 11.9 Å². The van der Waals surface area contributed by atoms with Crippen LogP contribution in [0.2, 0.25) is 0 Å². The molecule has 3 aromatic heterocycles. The molecule has 0 amide bonds. The summed E-state index contributed by atoms with van der Waals surface area (Å²) >= 11 is 0. The lowest BCUT2D eigenvalue weighted by molar-refractivity contribution is 0.0835. The molecule has 25 heavy (non-hydrogen) atoms. The molecule has 1 atom stereocenters. The van der Waals surface area contributed by atoms with Gasteiger partial charge in [-0.2, -0.15) is 14.6 Å². The van der Waals surface area contributed by atoms with Crippen LogP contribution in [-0.2, 0) is 11.2 Å². The Labute approximate surface area is 145 Å². The van der Waals surface area contributed by atoms with E-state index in [-0.39, 0.29) is 6.10 Å². The molecule has 0 unspecified atom stereocenters. The zero-order valence-corrected chi connectivity index (χ0v) is 14.5. The van der Waals surface area contributed by atoms with Crippen LogP contribution >= 0.6 is 0 Å². The van der Waals surface area contributed by atoms with Gasteiger partial charge in [0.15, 0.2) is 11.5 Å². The predicted molar refractivity (Wildman–Crippen MR) is 91.5 cm³/mol. The quantitative estimate of drug-likeness (QED) is 0.736. The molecule has 0 radical (unpaired) electrons. The van der Waals surface area contributed by atoms with E-state index in [1.807, 2.05) is 12.1 Å². The third kappa shape index (κ3) is 3.34. The van der Waals surface area contributed by atoms with E-state index < -0.39 is 0 Å². The van der Waals surface area contributed by atoms with Gasteiger partial charge in [-0.05, 0) is 18.8 Å². The van der Waals surface area contributed by atoms with Gasteiger partial charge in [-0.25, -0.2) is 4.98 Å². The van der Waals surface area contributed by atoms with E-state index in [0.717, 1.165) is 36.6 Å². The summed E-state index contributed by atoms with van der Waals surface area (Å²) in [6.45, 7) is 5.71. The lowest BCUT2D eigenvalue weighted by Gasteiger charge is -2.11. The number of rotatable bonds is 6. The van der Waals surface area contributed by atoms with Crippen molar-refractivity contribution < 1.29 is 9.26 Å². The number of fused-ring (bicyclic) bond motifs is 1. The van der Waals surface area contributed by atoms with Crippen molar-refractivity contribution in [2.75, 3.05) is 18.5 Å². The summed E-state index contributed by atoms with van der Waals surface area (Å²) in [4.78, 5) is 9.06. The third-order valence-corrected chi connectivity index (χ3v) is 4.31. The SMILES string of the molecule is CC(C)c1cc(NCCc2noc([C@H]3CCCO3)n2)n2nccc2n1. The maximum Gasteiger partial charge on any atom is 0.255 e. The highest BCUT2D eigenvalue weighted by Crippen LogP contribution is 2.27. The molecule has 0 saturated carbocycles. The van der Waals surface area contributed by atoms with Crippen LogP contribution in [0.25, 0.3) is 5.65 Å². The fourth-order valence-corrected chi connectivity index (χ4v) is 2.93. The number of ether oxygens (including phenoxy) is 1. The van der Waals surface area contributed by atoms with Crippen molar-refractivity contribution in [2.45, 2.75) is 45.1 Å². The number of nitrogens with zero attached hydrogens (tertiary/aromatic N) is 5. The van der Waals surface area contributed by atoms with E-state index in [2.05, 4.69) is 39.4 Å². The second kappa shape index (κ2) is 6.79. The summed E-state index contributed by atoms with van der Waals surface area (Å²) in [5, 5.41) is 11.8. The normalized spacial score (nSPS) is 17.6. The summed E-state index contributed by atoms with van der Waals surface area (Å²) in [7, 11) is 0. The van der Waals surface area contributed by atoms with Crippen LogP contribution in [-0.4, -0.2) is 37.9 Å². The molecule has 1 fully saturated rings. The highest BCUT2D eigenvalue weighted by molar-refractivity contribution is 5.49. The zero-order valence-electron chi connectivity index (χ0n) is 14.5. The third-order valence-electron chi connectivity index (χ3n) is 4.31. The smallest absolute Gasteiger partial charge is 0.255 e. The van der Waals surface area contributed by atoms with Crippen LogP contribution in [0.5, 0.6) is 0 Å². The van der Waals surface area contributed by atoms with Gasteiger partial charge in [0.2, 0.25) is 0 Å². The topological polar surface area (TPSA) is 90.4 Å². The van der Waals surface area contributed by atoms with Crippen molar-refractivity contribution in [2.24, 2.45) is 0 Å². The molecule has 4 heterocycles. The molecule has 0 bridgehead atoms. The Morgan fingerprint density at radius 1 is 1.36 bits per heavy atom. The van der Waals surface area contributed by atoms with E-state index >= 15 is 0 Å². The lowest BCUT2D eigenvalue weighted by atomic mass is 10.1. The highest BCUT2D eigenvalue weighted by atomic mass is 16.5. The molecular formula is C17H22N6O2. The minimum absolute atomic E-state index is 0.0355. The second-order valence-corrected chi connectivity index (χ2v) is 6.55. The van der Waals surface area contributed by atoms with E-state index in [1.165, 1.54) is 0 Å². The van der Waals surface area contributed by atoms with Crippen molar-refractivity contribution in [1.82, 2.24) is 24.7 Å². The van der Waals surface area contributed by atoms with Gasteiger partial charge in [-0.1, -0.05) is 19.0 Å². The Hall–Kier alpha value is -2.48. The molecule has 8 nitrogen and oxygen atoms in total. The van der Waals surface area contributed by atoms with Gasteiger partial charge in [0.25, 0.3) is 5.89 Å². The molecule has 4 rings (SSSR count). The predicted octanol–water partition coefficient (Wildman–Crippen LogP) is 2.74. The van der Waals surface area contributed by atoms with Gasteiger partial charge in [0.05, 0.1) is 6.20 Å². The number of anilines is 1. The van der Waals surface area contributed by atoms with Crippen molar-refractivity contribution in [3.8, 4) is 0 Å². The Morgan fingerprint density at radius 2 is 2.28 bits per heavy atom. The first kappa shape index (κ1) is 16.0. The molecule has 1 aliphatic heterocycles. The first-order valence-corrected chi connectivity index (χ1v) is 8.73. The van der Waals surface area contributed by atoms with Crippen LogP contribution in [0.4, 0.5) is 5.82 Å². The highest BCUT2D eigenvalue weighted by Gasteiger charge is 2.23. The summed E-state index contributed by atoms with van der Waals surface area (Å²) in [5.41, 5.74) is 1.88. The van der Waals surface area contributed by atoms with E-state index in [1.54, 1.807) is 10.7 Å².